The maximum Gasteiger partial charge on any atom is 1.00 e. The van der Waals surface area contributed by atoms with Crippen molar-refractivity contribution in [1.29, 1.82) is 0 Å². The summed E-state index contributed by atoms with van der Waals surface area (Å²) in [6.45, 7) is 1.03. The van der Waals surface area contributed by atoms with Gasteiger partial charge < -0.3 is 20.0 Å². The van der Waals surface area contributed by atoms with Crippen LogP contribution in [0.1, 0.15) is 12.5 Å². The number of rotatable bonds is 6. The zero-order chi connectivity index (χ0) is 21.3. The van der Waals surface area contributed by atoms with Crippen molar-refractivity contribution in [2.24, 2.45) is 0 Å². The summed E-state index contributed by atoms with van der Waals surface area (Å²) in [4.78, 5) is 36.8. The van der Waals surface area contributed by atoms with Crippen molar-refractivity contribution in [3.63, 3.8) is 0 Å². The van der Waals surface area contributed by atoms with Crippen LogP contribution < -0.4 is 40.0 Å². The molecule has 0 radical (unpaired) electrons. The largest absolute Gasteiger partial charge is 1.00 e. The summed E-state index contributed by atoms with van der Waals surface area (Å²) < 4.78 is 4.88. The minimum atomic E-state index is -1.48. The minimum Gasteiger partial charge on any atom is -0.543 e. The van der Waals surface area contributed by atoms with Gasteiger partial charge in [0.15, 0.2) is 0 Å². The van der Waals surface area contributed by atoms with Crippen molar-refractivity contribution in [3.8, 4) is 0 Å². The number of ether oxygens (including phenoxy) is 1. The predicted molar refractivity (Wildman–Crippen MR) is 111 cm³/mol. The number of hydrogen-bond acceptors (Lipinski definition) is 7. The number of halogens is 2. The van der Waals surface area contributed by atoms with Gasteiger partial charge in [-0.3, -0.25) is 14.5 Å². The molecule has 0 unspecified atom stereocenters. The molecule has 2 aliphatic rings. The van der Waals surface area contributed by atoms with Gasteiger partial charge in [0, 0.05) is 24.7 Å². The number of aliphatic carboxylic acids is 1. The van der Waals surface area contributed by atoms with Crippen molar-refractivity contribution in [3.05, 3.63) is 45.1 Å². The molecule has 1 aromatic carbocycles. The first-order valence-corrected chi connectivity index (χ1v) is 10.6. The number of β-lactam (4-membered cyclic amide) rings is 1. The average Bonchev–Trinajstić information content (AvgIpc) is 2.66. The van der Waals surface area contributed by atoms with Gasteiger partial charge in [-0.25, -0.2) is 0 Å². The second-order valence-electron chi connectivity index (χ2n) is 6.40. The van der Waals surface area contributed by atoms with Gasteiger partial charge in [-0.1, -0.05) is 41.5 Å². The number of thioether (sulfide) groups is 1. The molecule has 3 rings (SSSR count). The van der Waals surface area contributed by atoms with Crippen molar-refractivity contribution in [2.45, 2.75) is 24.8 Å². The van der Waals surface area contributed by atoms with Crippen LogP contribution in [-0.2, 0) is 25.5 Å². The second-order valence-corrected chi connectivity index (χ2v) is 8.81. The molecule has 1 N–H and O–H groups in total. The summed E-state index contributed by atoms with van der Waals surface area (Å²) in [5.41, 5.74) is 0.913. The van der Waals surface area contributed by atoms with Crippen LogP contribution in [0.25, 0.3) is 0 Å². The molecule has 1 fully saturated rings. The second kappa shape index (κ2) is 10.7. The normalized spacial score (nSPS) is 20.0. The quantitative estimate of drug-likeness (QED) is 0.215. The van der Waals surface area contributed by atoms with Gasteiger partial charge in [0.25, 0.3) is 5.91 Å². The molecule has 12 heteroatoms. The summed E-state index contributed by atoms with van der Waals surface area (Å²) in [5.74, 6) is -2.16. The van der Waals surface area contributed by atoms with Crippen LogP contribution in [-0.4, -0.2) is 51.5 Å². The van der Waals surface area contributed by atoms with Crippen molar-refractivity contribution < 1.29 is 53.8 Å². The number of esters is 1. The molecule has 0 bridgehead atoms. The average molecular weight is 497 g/mol. The molecule has 1 amide bonds. The van der Waals surface area contributed by atoms with Crippen LogP contribution >= 0.6 is 47.2 Å². The van der Waals surface area contributed by atoms with E-state index in [1.807, 2.05) is 0 Å². The van der Waals surface area contributed by atoms with E-state index in [2.05, 4.69) is 5.32 Å². The van der Waals surface area contributed by atoms with Gasteiger partial charge in [0.1, 0.15) is 18.0 Å². The monoisotopic (exact) mass is 496 g/mol. The number of fused-ring (bicyclic) bond motifs is 1. The van der Waals surface area contributed by atoms with Gasteiger partial charge in [-0.05, 0) is 17.7 Å². The fourth-order valence-electron chi connectivity index (χ4n) is 3.03. The fourth-order valence-corrected chi connectivity index (χ4v) is 4.97. The van der Waals surface area contributed by atoms with Gasteiger partial charge in [-0.15, -0.1) is 11.8 Å². The standard InChI is InChI=1S/C18H16Cl2N2O5S2.Na/c1-8(23)27-6-10-7-29-17-14(16(24)22(17)15(10)18(25)26)21-13(28)5-9-2-3-11(19)12(20)4-9;/h2-4,14,17H,5-7H2,1H3,(H,21,28)(H,25,26);/q;+1/p-1/t14-,17-;/m1./s1. The molecule has 1 saturated heterocycles. The molecule has 0 saturated carbocycles. The van der Waals surface area contributed by atoms with E-state index >= 15 is 0 Å². The van der Waals surface area contributed by atoms with Crippen LogP contribution in [0.15, 0.2) is 29.5 Å². The number of hydrogen-bond donors (Lipinski definition) is 1. The summed E-state index contributed by atoms with van der Waals surface area (Å²) in [7, 11) is 0. The van der Waals surface area contributed by atoms with Crippen LogP contribution in [0.3, 0.4) is 0 Å². The Labute approximate surface area is 214 Å². The number of nitrogens with zero attached hydrogens (tertiary/aromatic N) is 1. The van der Waals surface area contributed by atoms with Crippen LogP contribution in [0.2, 0.25) is 10.0 Å². The Kier molecular flexibility index (Phi) is 9.05. The van der Waals surface area contributed by atoms with E-state index in [1.165, 1.54) is 18.7 Å². The van der Waals surface area contributed by atoms with E-state index < -0.39 is 29.3 Å². The zero-order valence-corrected chi connectivity index (χ0v) is 21.2. The molecule has 30 heavy (non-hydrogen) atoms. The van der Waals surface area contributed by atoms with E-state index in [-0.39, 0.29) is 41.9 Å². The molecule has 154 valence electrons. The molecule has 2 atom stereocenters. The third kappa shape index (κ3) is 5.51. The number of benzene rings is 1. The van der Waals surface area contributed by atoms with E-state index in [4.69, 9.17) is 40.2 Å². The molecule has 1 aromatic rings. The Morgan fingerprint density at radius 1 is 1.37 bits per heavy atom. The van der Waals surface area contributed by atoms with Crippen LogP contribution in [0.4, 0.5) is 0 Å². The summed E-state index contributed by atoms with van der Waals surface area (Å²) in [5, 5.41) is 15.0. The van der Waals surface area contributed by atoms with E-state index in [0.29, 0.717) is 32.8 Å². The van der Waals surface area contributed by atoms with Crippen LogP contribution in [0.5, 0.6) is 0 Å². The number of carboxylic acids is 1. The first-order valence-electron chi connectivity index (χ1n) is 8.43. The molecule has 0 spiro atoms. The van der Waals surface area contributed by atoms with Gasteiger partial charge >= 0.3 is 35.5 Å². The topological polar surface area (TPSA) is 98.8 Å². The molecule has 2 heterocycles. The van der Waals surface area contributed by atoms with Gasteiger partial charge in [0.2, 0.25) is 0 Å². The first kappa shape index (κ1) is 25.5. The molecule has 7 nitrogen and oxygen atoms in total. The Morgan fingerprint density at radius 3 is 2.67 bits per heavy atom. The molecular weight excluding hydrogens is 482 g/mol. The molecular formula is C18H15Cl2N2NaO5S2. The number of carbonyl (C=O) groups excluding carboxylic acids is 3. The smallest absolute Gasteiger partial charge is 0.543 e. The number of carbonyl (C=O) groups is 3. The maximum absolute atomic E-state index is 12.6. The molecule has 0 aliphatic carbocycles. The number of carboxylic acid groups (broad SMARTS) is 1. The summed E-state index contributed by atoms with van der Waals surface area (Å²) >= 11 is 18.6. The maximum atomic E-state index is 12.6. The molecule has 2 aliphatic heterocycles. The Hall–Kier alpha value is -0.810. The van der Waals surface area contributed by atoms with Gasteiger partial charge in [-0.2, -0.15) is 0 Å². The zero-order valence-electron chi connectivity index (χ0n) is 16.1. The Bertz CT molecular complexity index is 943. The van der Waals surface area contributed by atoms with Crippen molar-refractivity contribution in [1.82, 2.24) is 10.2 Å². The number of nitrogens with one attached hydrogen (secondary N) is 1. The summed E-state index contributed by atoms with van der Waals surface area (Å²) in [6.07, 6.45) is 0.355. The minimum absolute atomic E-state index is 0. The third-order valence-electron chi connectivity index (χ3n) is 4.36. The summed E-state index contributed by atoms with van der Waals surface area (Å²) in [6, 6.07) is 4.49. The predicted octanol–water partition coefficient (Wildman–Crippen LogP) is -1.69. The van der Waals surface area contributed by atoms with Crippen LogP contribution in [0, 0.1) is 0 Å². The third-order valence-corrected chi connectivity index (χ3v) is 6.70. The number of thiocarbonyl (C=S) groups is 1. The van der Waals surface area contributed by atoms with E-state index in [1.54, 1.807) is 18.2 Å². The van der Waals surface area contributed by atoms with E-state index in [9.17, 15) is 19.5 Å². The number of amides is 1. The van der Waals surface area contributed by atoms with E-state index in [0.717, 1.165) is 10.5 Å². The SMILES string of the molecule is CC(=O)OCC1=C(C(=O)[O-])N2C(=O)[C@@H](NC(=S)Cc3ccc(Cl)c(Cl)c3)[C@H]2SC1.[Na+]. The molecule has 0 aromatic heterocycles. The first-order chi connectivity index (χ1) is 13.7. The van der Waals surface area contributed by atoms with Gasteiger partial charge in [0.05, 0.1) is 26.7 Å². The van der Waals surface area contributed by atoms with Crippen molar-refractivity contribution >= 4 is 70.0 Å². The van der Waals surface area contributed by atoms with Crippen molar-refractivity contribution in [2.75, 3.05) is 12.4 Å². The Morgan fingerprint density at radius 2 is 2.07 bits per heavy atom. The fraction of sp³-hybridized carbons (Fsp3) is 0.333. The Balaban J connectivity index is 0.00000320.